The van der Waals surface area contributed by atoms with Crippen molar-refractivity contribution in [3.05, 3.63) is 46.9 Å². The maximum atomic E-state index is 13.0. The van der Waals surface area contributed by atoms with E-state index in [1.807, 2.05) is 24.1 Å². The molecule has 0 radical (unpaired) electrons. The van der Waals surface area contributed by atoms with Gasteiger partial charge in [-0.1, -0.05) is 25.1 Å². The Balaban J connectivity index is 1.81. The summed E-state index contributed by atoms with van der Waals surface area (Å²) in [5, 5.41) is 3.37. The fourth-order valence-corrected chi connectivity index (χ4v) is 5.75. The lowest BCUT2D eigenvalue weighted by atomic mass is 9.96. The normalized spacial score (nSPS) is 21.9. The molecule has 0 saturated carbocycles. The van der Waals surface area contributed by atoms with Crippen LogP contribution in [0, 0.1) is 0 Å². The van der Waals surface area contributed by atoms with E-state index in [1.54, 1.807) is 13.8 Å². The Morgan fingerprint density at radius 1 is 1.17 bits per heavy atom. The van der Waals surface area contributed by atoms with Gasteiger partial charge in [0, 0.05) is 13.3 Å². The van der Waals surface area contributed by atoms with E-state index in [4.69, 9.17) is 19.4 Å². The van der Waals surface area contributed by atoms with E-state index in [9.17, 15) is 8.42 Å². The van der Waals surface area contributed by atoms with Gasteiger partial charge in [0.05, 0.1) is 31.0 Å². The van der Waals surface area contributed by atoms with Gasteiger partial charge in [0.25, 0.3) is 0 Å². The van der Waals surface area contributed by atoms with Crippen LogP contribution in [0.3, 0.4) is 0 Å². The van der Waals surface area contributed by atoms with Crippen LogP contribution in [-0.4, -0.2) is 63.6 Å². The lowest BCUT2D eigenvalue weighted by molar-refractivity contribution is 0.0482. The quantitative estimate of drug-likeness (QED) is 0.646. The fourth-order valence-electron chi connectivity index (χ4n) is 5.26. The summed E-state index contributed by atoms with van der Waals surface area (Å²) in [4.78, 5) is 14.3. The first-order valence-corrected chi connectivity index (χ1v) is 14.4. The molecule has 5 rings (SSSR count). The van der Waals surface area contributed by atoms with Gasteiger partial charge in [0.15, 0.2) is 21.4 Å². The van der Waals surface area contributed by atoms with Gasteiger partial charge in [-0.25, -0.2) is 13.4 Å². The first-order chi connectivity index (χ1) is 17.1. The highest BCUT2D eigenvalue weighted by Crippen LogP contribution is 2.46. The number of fused-ring (bicyclic) bond motifs is 4. The largest absolute Gasteiger partial charge is 0.486 e. The first-order valence-electron chi connectivity index (χ1n) is 12.5. The second kappa shape index (κ2) is 8.92. The van der Waals surface area contributed by atoms with Crippen molar-refractivity contribution >= 4 is 27.3 Å². The Morgan fingerprint density at radius 2 is 1.92 bits per heavy atom. The van der Waals surface area contributed by atoms with Crippen LogP contribution >= 0.6 is 0 Å². The van der Waals surface area contributed by atoms with E-state index in [0.717, 1.165) is 24.4 Å². The highest BCUT2D eigenvalue weighted by Gasteiger charge is 2.44. The van der Waals surface area contributed by atoms with Crippen molar-refractivity contribution in [1.29, 1.82) is 0 Å². The highest BCUT2D eigenvalue weighted by molar-refractivity contribution is 7.91. The van der Waals surface area contributed by atoms with Crippen molar-refractivity contribution in [3.8, 4) is 5.75 Å². The number of aromatic nitrogens is 2. The topological polar surface area (TPSA) is 96.9 Å². The number of anilines is 3. The van der Waals surface area contributed by atoms with Gasteiger partial charge in [0.1, 0.15) is 22.9 Å². The van der Waals surface area contributed by atoms with Gasteiger partial charge in [-0.2, -0.15) is 4.98 Å². The zero-order valence-corrected chi connectivity index (χ0v) is 22.6. The Morgan fingerprint density at radius 3 is 2.61 bits per heavy atom. The Labute approximate surface area is 213 Å². The number of para-hydroxylation sites is 1. The number of hydrogen-bond acceptors (Lipinski definition) is 9. The maximum Gasteiger partial charge on any atom is 0.238 e. The smallest absolute Gasteiger partial charge is 0.238 e. The van der Waals surface area contributed by atoms with Gasteiger partial charge >= 0.3 is 0 Å². The molecule has 2 atom stereocenters. The van der Waals surface area contributed by atoms with Crippen LogP contribution in [0.15, 0.2) is 35.7 Å². The summed E-state index contributed by atoms with van der Waals surface area (Å²) in [7, 11) is -1.64. The van der Waals surface area contributed by atoms with E-state index in [2.05, 4.69) is 36.2 Å². The predicted octanol–water partition coefficient (Wildman–Crippen LogP) is 3.28. The third kappa shape index (κ3) is 3.82. The summed E-state index contributed by atoms with van der Waals surface area (Å²) in [6.07, 6.45) is 2.94. The minimum Gasteiger partial charge on any atom is -0.486 e. The van der Waals surface area contributed by atoms with Gasteiger partial charge in [0.2, 0.25) is 5.95 Å². The van der Waals surface area contributed by atoms with Crippen LogP contribution in [0.5, 0.6) is 5.75 Å². The van der Waals surface area contributed by atoms with Crippen molar-refractivity contribution in [3.63, 3.8) is 0 Å². The molecule has 194 valence electrons. The summed E-state index contributed by atoms with van der Waals surface area (Å²) in [6.45, 7) is 9.08. The van der Waals surface area contributed by atoms with E-state index >= 15 is 0 Å². The molecular weight excluding hydrogens is 478 g/mol. The van der Waals surface area contributed by atoms with Crippen LogP contribution in [-0.2, 0) is 25.7 Å². The second-order valence-corrected chi connectivity index (χ2v) is 12.8. The standard InChI is InChI=1S/C26H35N5O4S/c1-7-17-12-18-10-8-9-11-20(18)31(23(17)27-5)25-28-22(26(3,4)36(6,32)33)21-24(29-25)30-16(2)13-34-14-19(30)15-35-21/h8-11,16,19,27H,7,12-15H2,1-6H3/t16-,19-/m1/s1. The third-order valence-electron chi connectivity index (χ3n) is 7.59. The Kier molecular flexibility index (Phi) is 6.15. The van der Waals surface area contributed by atoms with Crippen molar-refractivity contribution < 1.29 is 17.9 Å². The zero-order chi connectivity index (χ0) is 25.8. The van der Waals surface area contributed by atoms with Crippen LogP contribution in [0.2, 0.25) is 0 Å². The molecule has 9 nitrogen and oxygen atoms in total. The van der Waals surface area contributed by atoms with Crippen molar-refractivity contribution in [2.24, 2.45) is 0 Å². The molecule has 1 aromatic carbocycles. The van der Waals surface area contributed by atoms with Crippen molar-refractivity contribution in [1.82, 2.24) is 15.3 Å². The monoisotopic (exact) mass is 513 g/mol. The molecule has 0 bridgehead atoms. The summed E-state index contributed by atoms with van der Waals surface area (Å²) in [5.41, 5.74) is 3.76. The van der Waals surface area contributed by atoms with E-state index in [1.165, 1.54) is 17.4 Å². The molecule has 2 aromatic rings. The summed E-state index contributed by atoms with van der Waals surface area (Å²) < 4.78 is 36.7. The molecule has 0 unspecified atom stereocenters. The lowest BCUT2D eigenvalue weighted by Gasteiger charge is -2.45. The Hall–Kier alpha value is -2.85. The van der Waals surface area contributed by atoms with Gasteiger partial charge in [-0.15, -0.1) is 0 Å². The summed E-state index contributed by atoms with van der Waals surface area (Å²) in [5.74, 6) is 2.40. The molecule has 3 aliphatic rings. The number of sulfone groups is 1. The Bertz CT molecular complexity index is 1320. The molecule has 0 amide bonds. The molecule has 1 aromatic heterocycles. The second-order valence-electron chi connectivity index (χ2n) is 10.3. The molecule has 10 heteroatoms. The van der Waals surface area contributed by atoms with E-state index in [-0.39, 0.29) is 12.1 Å². The number of nitrogens with one attached hydrogen (secondary N) is 1. The van der Waals surface area contributed by atoms with Crippen molar-refractivity contribution in [2.75, 3.05) is 42.9 Å². The van der Waals surface area contributed by atoms with Crippen LogP contribution in [0.25, 0.3) is 0 Å². The number of benzene rings is 1. The number of morpholine rings is 1. The number of ether oxygens (including phenoxy) is 2. The summed E-state index contributed by atoms with van der Waals surface area (Å²) in [6, 6.07) is 8.26. The van der Waals surface area contributed by atoms with E-state index < -0.39 is 14.6 Å². The minimum absolute atomic E-state index is 0.00245. The third-order valence-corrected chi connectivity index (χ3v) is 9.64. The number of allylic oxidation sites excluding steroid dienone is 1. The average Bonchev–Trinajstić information content (AvgIpc) is 2.85. The number of nitrogens with zero attached hydrogens (tertiary/aromatic N) is 4. The molecular formula is C26H35N5O4S. The molecule has 1 N–H and O–H groups in total. The molecule has 1 fully saturated rings. The minimum atomic E-state index is -3.53. The van der Waals surface area contributed by atoms with Crippen LogP contribution in [0.1, 0.15) is 45.4 Å². The molecule has 36 heavy (non-hydrogen) atoms. The van der Waals surface area contributed by atoms with Gasteiger partial charge < -0.3 is 19.7 Å². The fraction of sp³-hybridized carbons (Fsp3) is 0.538. The van der Waals surface area contributed by atoms with Gasteiger partial charge in [-0.3, -0.25) is 4.90 Å². The van der Waals surface area contributed by atoms with Crippen LogP contribution < -0.4 is 19.9 Å². The molecule has 1 saturated heterocycles. The van der Waals surface area contributed by atoms with Gasteiger partial charge in [-0.05, 0) is 50.8 Å². The SMILES string of the molecule is CCC1=C(NC)N(c2nc3c(c(C(C)(C)S(C)(=O)=O)n2)OC[C@H]2COC[C@@H](C)N32)c2ccccc2C1. The summed E-state index contributed by atoms with van der Waals surface area (Å²) >= 11 is 0. The zero-order valence-electron chi connectivity index (χ0n) is 21.8. The molecule has 3 aliphatic heterocycles. The highest BCUT2D eigenvalue weighted by atomic mass is 32.2. The molecule has 4 heterocycles. The van der Waals surface area contributed by atoms with Crippen molar-refractivity contribution in [2.45, 2.75) is 57.4 Å². The average molecular weight is 514 g/mol. The first kappa shape index (κ1) is 24.8. The molecule has 0 aliphatic carbocycles. The number of rotatable bonds is 5. The van der Waals surface area contributed by atoms with E-state index in [0.29, 0.717) is 43.0 Å². The van der Waals surface area contributed by atoms with Crippen LogP contribution in [0.4, 0.5) is 17.5 Å². The number of hydrogen-bond donors (Lipinski definition) is 1. The lowest BCUT2D eigenvalue weighted by Crippen LogP contribution is -2.56. The maximum absolute atomic E-state index is 13.0. The predicted molar refractivity (Wildman–Crippen MR) is 141 cm³/mol. The molecule has 0 spiro atoms.